The third-order valence-corrected chi connectivity index (χ3v) is 4.24. The lowest BCUT2D eigenvalue weighted by atomic mass is 10.1. The number of nitrogens with one attached hydrogen (secondary N) is 1. The molecule has 2 aromatic carbocycles. The molecule has 2 heterocycles. The Morgan fingerprint density at radius 3 is 2.45 bits per heavy atom. The molecule has 0 spiro atoms. The number of ether oxygens (including phenoxy) is 1. The van der Waals surface area contributed by atoms with Crippen molar-refractivity contribution in [3.8, 4) is 5.75 Å². The summed E-state index contributed by atoms with van der Waals surface area (Å²) in [7, 11) is 0. The summed E-state index contributed by atoms with van der Waals surface area (Å²) in [5.41, 5.74) is 2.44. The van der Waals surface area contributed by atoms with Crippen molar-refractivity contribution in [1.82, 2.24) is 19.7 Å². The van der Waals surface area contributed by atoms with E-state index in [4.69, 9.17) is 0 Å². The number of anilines is 2. The van der Waals surface area contributed by atoms with Crippen molar-refractivity contribution in [2.75, 3.05) is 5.32 Å². The van der Waals surface area contributed by atoms with Crippen LogP contribution < -0.4 is 10.1 Å². The fraction of sp³-hybridized carbons (Fsp3) is 0.150. The van der Waals surface area contributed by atoms with E-state index in [0.29, 0.717) is 23.7 Å². The first-order valence-corrected chi connectivity index (χ1v) is 8.81. The zero-order chi connectivity index (χ0) is 20.3. The molecule has 0 fully saturated rings. The van der Waals surface area contributed by atoms with Gasteiger partial charge in [-0.25, -0.2) is 14.6 Å². The fourth-order valence-corrected chi connectivity index (χ4v) is 2.91. The van der Waals surface area contributed by atoms with Crippen LogP contribution in [0.3, 0.4) is 0 Å². The van der Waals surface area contributed by atoms with Crippen molar-refractivity contribution < 1.29 is 17.9 Å². The Kier molecular flexibility index (Phi) is 5.03. The normalized spacial score (nSPS) is 11.6. The number of alkyl halides is 3. The monoisotopic (exact) mass is 399 g/mol. The predicted octanol–water partition coefficient (Wildman–Crippen LogP) is 4.71. The Balaban J connectivity index is 1.50. The van der Waals surface area contributed by atoms with Crippen LogP contribution in [0.1, 0.15) is 5.56 Å². The van der Waals surface area contributed by atoms with E-state index in [1.54, 1.807) is 10.9 Å². The molecule has 0 amide bonds. The Morgan fingerprint density at radius 2 is 1.72 bits per heavy atom. The summed E-state index contributed by atoms with van der Waals surface area (Å²) in [5.74, 6) is 0.232. The first-order chi connectivity index (χ1) is 14.0. The fourth-order valence-electron chi connectivity index (χ4n) is 2.91. The van der Waals surface area contributed by atoms with E-state index in [0.717, 1.165) is 11.8 Å². The molecule has 0 atom stereocenters. The first kappa shape index (κ1) is 18.7. The van der Waals surface area contributed by atoms with Crippen molar-refractivity contribution in [2.45, 2.75) is 19.3 Å². The number of aryl methyl sites for hydroxylation is 2. The van der Waals surface area contributed by atoms with Crippen molar-refractivity contribution in [3.63, 3.8) is 0 Å². The lowest BCUT2D eigenvalue weighted by molar-refractivity contribution is -0.274. The van der Waals surface area contributed by atoms with Crippen molar-refractivity contribution in [3.05, 3.63) is 72.7 Å². The van der Waals surface area contributed by atoms with Gasteiger partial charge in [0, 0.05) is 12.2 Å². The SMILES string of the molecule is FC(F)(F)Oc1ccc(Nc2ncnc3c2cnn3CCc2ccccc2)cc1. The molecule has 1 N–H and O–H groups in total. The third-order valence-electron chi connectivity index (χ3n) is 4.24. The van der Waals surface area contributed by atoms with E-state index in [1.165, 1.54) is 36.2 Å². The van der Waals surface area contributed by atoms with Gasteiger partial charge in [-0.15, -0.1) is 13.2 Å². The number of aromatic nitrogens is 4. The number of nitrogens with zero attached hydrogens (tertiary/aromatic N) is 4. The molecule has 4 rings (SSSR count). The van der Waals surface area contributed by atoms with E-state index < -0.39 is 6.36 Å². The Bertz CT molecular complexity index is 1090. The second kappa shape index (κ2) is 7.78. The molecule has 0 aliphatic rings. The van der Waals surface area contributed by atoms with Crippen LogP contribution >= 0.6 is 0 Å². The van der Waals surface area contributed by atoms with Crippen LogP contribution in [-0.4, -0.2) is 26.1 Å². The molecule has 0 aliphatic heterocycles. The number of hydrogen-bond donors (Lipinski definition) is 1. The smallest absolute Gasteiger partial charge is 0.406 e. The number of hydrogen-bond acceptors (Lipinski definition) is 5. The number of fused-ring (bicyclic) bond motifs is 1. The molecule has 9 heteroatoms. The predicted molar refractivity (Wildman–Crippen MR) is 102 cm³/mol. The van der Waals surface area contributed by atoms with Crippen molar-refractivity contribution in [1.29, 1.82) is 0 Å². The second-order valence-corrected chi connectivity index (χ2v) is 6.26. The Hall–Kier alpha value is -3.62. The van der Waals surface area contributed by atoms with E-state index in [-0.39, 0.29) is 5.75 Å². The molecular formula is C20H16F3N5O. The standard InChI is InChI=1S/C20H16F3N5O/c21-20(22,23)29-16-8-6-15(7-9-16)27-18-17-12-26-28(19(17)25-13-24-18)11-10-14-4-2-1-3-5-14/h1-9,12-13H,10-11H2,(H,24,25,27). The molecule has 2 aromatic heterocycles. The van der Waals surface area contributed by atoms with Gasteiger partial charge in [0.1, 0.15) is 17.9 Å². The minimum Gasteiger partial charge on any atom is -0.406 e. The van der Waals surface area contributed by atoms with Crippen LogP contribution in [-0.2, 0) is 13.0 Å². The highest BCUT2D eigenvalue weighted by molar-refractivity contribution is 5.88. The minimum absolute atomic E-state index is 0.287. The number of rotatable bonds is 6. The Morgan fingerprint density at radius 1 is 0.966 bits per heavy atom. The van der Waals surface area contributed by atoms with E-state index in [1.807, 2.05) is 18.2 Å². The molecule has 0 saturated heterocycles. The quantitative estimate of drug-likeness (QED) is 0.509. The van der Waals surface area contributed by atoms with Gasteiger partial charge in [0.05, 0.1) is 11.6 Å². The molecule has 0 unspecified atom stereocenters. The number of halogens is 3. The maximum absolute atomic E-state index is 12.3. The molecule has 0 aliphatic carbocycles. The third kappa shape index (κ3) is 4.63. The molecule has 0 bridgehead atoms. The summed E-state index contributed by atoms with van der Waals surface area (Å²) in [6.45, 7) is 0.660. The first-order valence-electron chi connectivity index (χ1n) is 8.81. The van der Waals surface area contributed by atoms with Gasteiger partial charge in [-0.3, -0.25) is 0 Å². The van der Waals surface area contributed by atoms with Gasteiger partial charge in [0.2, 0.25) is 0 Å². The van der Waals surface area contributed by atoms with Gasteiger partial charge in [0.25, 0.3) is 0 Å². The molecule has 148 valence electrons. The van der Waals surface area contributed by atoms with Gasteiger partial charge in [-0.1, -0.05) is 30.3 Å². The maximum Gasteiger partial charge on any atom is 0.573 e. The maximum atomic E-state index is 12.3. The van der Waals surface area contributed by atoms with Crippen molar-refractivity contribution in [2.24, 2.45) is 0 Å². The second-order valence-electron chi connectivity index (χ2n) is 6.26. The summed E-state index contributed by atoms with van der Waals surface area (Å²) in [6.07, 6.45) is -0.816. The highest BCUT2D eigenvalue weighted by Crippen LogP contribution is 2.27. The number of benzene rings is 2. The lowest BCUT2D eigenvalue weighted by Gasteiger charge is -2.10. The van der Waals surface area contributed by atoms with Crippen LogP contribution in [0.5, 0.6) is 5.75 Å². The van der Waals surface area contributed by atoms with Crippen LogP contribution in [0.2, 0.25) is 0 Å². The largest absolute Gasteiger partial charge is 0.573 e. The Labute approximate surface area is 164 Å². The summed E-state index contributed by atoms with van der Waals surface area (Å²) in [4.78, 5) is 8.54. The van der Waals surface area contributed by atoms with Gasteiger partial charge in [0.15, 0.2) is 5.65 Å². The lowest BCUT2D eigenvalue weighted by Crippen LogP contribution is -2.16. The minimum atomic E-state index is -4.72. The van der Waals surface area contributed by atoms with Gasteiger partial charge in [-0.05, 0) is 36.2 Å². The highest BCUT2D eigenvalue weighted by Gasteiger charge is 2.30. The van der Waals surface area contributed by atoms with Crippen molar-refractivity contribution >= 4 is 22.5 Å². The molecule has 29 heavy (non-hydrogen) atoms. The van der Waals surface area contributed by atoms with Crippen LogP contribution in [0.25, 0.3) is 11.0 Å². The molecule has 4 aromatic rings. The molecule has 6 nitrogen and oxygen atoms in total. The summed E-state index contributed by atoms with van der Waals surface area (Å²) < 4.78 is 42.5. The van der Waals surface area contributed by atoms with E-state index >= 15 is 0 Å². The van der Waals surface area contributed by atoms with E-state index in [2.05, 4.69) is 37.3 Å². The topological polar surface area (TPSA) is 64.9 Å². The highest BCUT2D eigenvalue weighted by atomic mass is 19.4. The average molecular weight is 399 g/mol. The van der Waals surface area contributed by atoms with E-state index in [9.17, 15) is 13.2 Å². The molecular weight excluding hydrogens is 383 g/mol. The summed E-state index contributed by atoms with van der Waals surface area (Å²) >= 11 is 0. The zero-order valence-electron chi connectivity index (χ0n) is 15.1. The van der Waals surface area contributed by atoms with Crippen LogP contribution in [0.15, 0.2) is 67.1 Å². The van der Waals surface area contributed by atoms with Gasteiger partial charge < -0.3 is 10.1 Å². The molecule has 0 saturated carbocycles. The average Bonchev–Trinajstić information content (AvgIpc) is 3.12. The summed E-state index contributed by atoms with van der Waals surface area (Å²) in [5, 5.41) is 8.20. The van der Waals surface area contributed by atoms with Crippen LogP contribution in [0, 0.1) is 0 Å². The van der Waals surface area contributed by atoms with Gasteiger partial charge in [-0.2, -0.15) is 5.10 Å². The summed E-state index contributed by atoms with van der Waals surface area (Å²) in [6, 6.07) is 15.5. The zero-order valence-corrected chi connectivity index (χ0v) is 15.1. The molecule has 0 radical (unpaired) electrons. The van der Waals surface area contributed by atoms with Gasteiger partial charge >= 0.3 is 6.36 Å². The van der Waals surface area contributed by atoms with Crippen LogP contribution in [0.4, 0.5) is 24.7 Å².